The molecule has 0 saturated carbocycles. The highest BCUT2D eigenvalue weighted by Gasteiger charge is 2.37. The molecule has 0 fully saturated rings. The van der Waals surface area contributed by atoms with Crippen molar-refractivity contribution in [1.82, 2.24) is 42.5 Å². The first-order valence-electron chi connectivity index (χ1n) is 22.8. The molecule has 0 heterocycles. The lowest BCUT2D eigenvalue weighted by Crippen LogP contribution is -2.63. The third kappa shape index (κ3) is 20.8. The zero-order valence-corrected chi connectivity index (χ0v) is 40.6. The summed E-state index contributed by atoms with van der Waals surface area (Å²) in [6.45, 7) is 22.6. The monoisotopic (exact) mass is 910 g/mol. The number of rotatable bonds is 30. The Hall–Kier alpha value is -4.85. The van der Waals surface area contributed by atoms with Crippen molar-refractivity contribution in [1.29, 1.82) is 0 Å². The van der Waals surface area contributed by atoms with Gasteiger partial charge in [-0.25, -0.2) is 0 Å². The average molecular weight is 910 g/mol. The number of hydrogen-bond acceptors (Lipinski definition) is 11. The summed E-state index contributed by atoms with van der Waals surface area (Å²) >= 11 is 0. The van der Waals surface area contributed by atoms with Crippen LogP contribution in [0.3, 0.4) is 0 Å². The normalized spacial score (nSPS) is 15.3. The molecule has 0 aliphatic rings. The maximum atomic E-state index is 14.0. The highest BCUT2D eigenvalue weighted by molar-refractivity contribution is 5.98. The Bertz CT molecular complexity index is 1550. The van der Waals surface area contributed by atoms with E-state index in [1.54, 1.807) is 83.1 Å². The molecule has 64 heavy (non-hydrogen) atoms. The number of nitrogens with one attached hydrogen (secondary N) is 8. The number of primary amides is 1. The molecule has 20 heteroatoms. The van der Waals surface area contributed by atoms with E-state index in [9.17, 15) is 43.2 Å². The Kier molecular flexibility index (Phi) is 27.3. The minimum absolute atomic E-state index is 0.203. The molecule has 0 saturated heterocycles. The molecule has 368 valence electrons. The summed E-state index contributed by atoms with van der Waals surface area (Å²) in [6.07, 6.45) is 2.77. The highest BCUT2D eigenvalue weighted by Crippen LogP contribution is 2.14. The largest absolute Gasteiger partial charge is 0.368 e. The Morgan fingerprint density at radius 2 is 0.578 bits per heavy atom. The summed E-state index contributed by atoms with van der Waals surface area (Å²) in [5.74, 6) is -8.27. The number of carbonyl (C=O) groups is 9. The molecule has 0 bridgehead atoms. The van der Waals surface area contributed by atoms with Gasteiger partial charge < -0.3 is 59.7 Å². The molecule has 0 unspecified atom stereocenters. The molecular weight excluding hydrogens is 827 g/mol. The van der Waals surface area contributed by atoms with Crippen molar-refractivity contribution in [3.63, 3.8) is 0 Å². The van der Waals surface area contributed by atoms with Gasteiger partial charge in [-0.15, -0.1) is 0 Å². The van der Waals surface area contributed by atoms with Crippen molar-refractivity contribution >= 4 is 53.2 Å². The van der Waals surface area contributed by atoms with Crippen LogP contribution in [0.4, 0.5) is 0 Å². The molecule has 8 atom stereocenters. The van der Waals surface area contributed by atoms with Gasteiger partial charge in [-0.05, 0) is 87.1 Å². The van der Waals surface area contributed by atoms with Gasteiger partial charge in [-0.3, -0.25) is 43.2 Å². The van der Waals surface area contributed by atoms with E-state index < -0.39 is 131 Å². The van der Waals surface area contributed by atoms with Crippen molar-refractivity contribution in [2.75, 3.05) is 13.1 Å². The predicted octanol–water partition coefficient (Wildman–Crippen LogP) is -0.436. The van der Waals surface area contributed by atoms with Crippen LogP contribution in [-0.4, -0.2) is 115 Å². The first-order chi connectivity index (χ1) is 29.7. The lowest BCUT2D eigenvalue weighted by molar-refractivity contribution is -0.137. The Balaban J connectivity index is 6.27. The van der Waals surface area contributed by atoms with Crippen LogP contribution in [0.15, 0.2) is 0 Å². The molecule has 0 aromatic carbocycles. The quantitative estimate of drug-likeness (QED) is 0.0411. The van der Waals surface area contributed by atoms with Crippen LogP contribution in [0.2, 0.25) is 0 Å². The number of carbonyl (C=O) groups excluding carboxylic acids is 9. The summed E-state index contributed by atoms with van der Waals surface area (Å²) < 4.78 is 0. The molecule has 0 aliphatic heterocycles. The van der Waals surface area contributed by atoms with Crippen LogP contribution in [0.1, 0.15) is 129 Å². The van der Waals surface area contributed by atoms with Crippen molar-refractivity contribution in [3.8, 4) is 0 Å². The molecule has 0 rings (SSSR count). The molecule has 0 spiro atoms. The van der Waals surface area contributed by atoms with E-state index in [0.29, 0.717) is 45.2 Å². The predicted molar refractivity (Wildman–Crippen MR) is 245 cm³/mol. The fraction of sp³-hybridized carbons (Fsp3) is 0.795. The van der Waals surface area contributed by atoms with Gasteiger partial charge in [0.2, 0.25) is 53.2 Å². The molecule has 14 N–H and O–H groups in total. The standard InChI is InChI=1S/C44H83N11O9/c1-22(2)31(37(47)57)50-40(60)33(24(5)6)52-42(62)35(26(9)10)54-44(64)36(27(11)12)55-43(63)34(25(7)8)53-41(61)32(23(3)4)51-39(59)30(19-15-17-21-46)49-38(58)29(48-28(13)56)18-14-16-20-45/h22-27,29-36H,14-21,45-46H2,1-13H3,(H2,47,57)(H,48,56)(H,49,58)(H,50,60)(H,51,59)(H,52,62)(H,53,61)(H,54,64)(H,55,63)/t29-,30-,31-,32-,33-,34-,35-,36-/m0/s1. The topological polar surface area (TPSA) is 328 Å². The maximum absolute atomic E-state index is 14.0. The van der Waals surface area contributed by atoms with E-state index in [-0.39, 0.29) is 12.3 Å². The van der Waals surface area contributed by atoms with Gasteiger partial charge in [0, 0.05) is 6.92 Å². The van der Waals surface area contributed by atoms with Crippen LogP contribution < -0.4 is 59.7 Å². The highest BCUT2D eigenvalue weighted by atomic mass is 16.2. The number of nitrogens with two attached hydrogens (primary N) is 3. The van der Waals surface area contributed by atoms with E-state index in [0.717, 1.165) is 0 Å². The fourth-order valence-corrected chi connectivity index (χ4v) is 6.75. The van der Waals surface area contributed by atoms with Gasteiger partial charge >= 0.3 is 0 Å². The molecule has 0 aromatic heterocycles. The van der Waals surface area contributed by atoms with Crippen molar-refractivity contribution < 1.29 is 43.2 Å². The number of hydrogen-bond donors (Lipinski definition) is 11. The zero-order chi connectivity index (χ0) is 49.6. The van der Waals surface area contributed by atoms with E-state index in [4.69, 9.17) is 17.2 Å². The first kappa shape index (κ1) is 59.1. The maximum Gasteiger partial charge on any atom is 0.243 e. The average Bonchev–Trinajstić information content (AvgIpc) is 3.18. The van der Waals surface area contributed by atoms with Crippen molar-refractivity contribution in [2.45, 2.75) is 177 Å². The van der Waals surface area contributed by atoms with E-state index in [1.165, 1.54) is 6.92 Å². The number of amides is 9. The SMILES string of the molecule is CC(=O)N[C@@H](CCCCN)C(=O)N[C@@H](CCCCN)C(=O)N[C@H](C(=O)N[C@H](C(=O)N[C@H](C(=O)N[C@H](C(=O)N[C@H](C(=O)N[C@H](C(N)=O)C(C)C)C(C)C)C(C)C)C(C)C)C(C)C)C(C)C. The summed E-state index contributed by atoms with van der Waals surface area (Å²) in [6, 6.07) is -8.63. The fourth-order valence-electron chi connectivity index (χ4n) is 6.75. The van der Waals surface area contributed by atoms with Crippen LogP contribution in [0.5, 0.6) is 0 Å². The third-order valence-electron chi connectivity index (χ3n) is 10.7. The Morgan fingerprint density at radius 1 is 0.344 bits per heavy atom. The Morgan fingerprint density at radius 3 is 0.812 bits per heavy atom. The Labute approximate surface area is 380 Å². The minimum Gasteiger partial charge on any atom is -0.368 e. The second-order valence-electron chi connectivity index (χ2n) is 18.7. The summed E-state index contributed by atoms with van der Waals surface area (Å²) in [5, 5.41) is 21.6. The van der Waals surface area contributed by atoms with Crippen LogP contribution >= 0.6 is 0 Å². The van der Waals surface area contributed by atoms with E-state index in [2.05, 4.69) is 42.5 Å². The van der Waals surface area contributed by atoms with Gasteiger partial charge in [0.15, 0.2) is 0 Å². The summed E-state index contributed by atoms with van der Waals surface area (Å²) in [4.78, 5) is 120. The van der Waals surface area contributed by atoms with Crippen LogP contribution in [0.25, 0.3) is 0 Å². The molecule has 9 amide bonds. The van der Waals surface area contributed by atoms with Crippen molar-refractivity contribution in [3.05, 3.63) is 0 Å². The molecular formula is C44H83N11O9. The smallest absolute Gasteiger partial charge is 0.243 e. The van der Waals surface area contributed by atoms with Gasteiger partial charge in [-0.2, -0.15) is 0 Å². The van der Waals surface area contributed by atoms with Gasteiger partial charge in [-0.1, -0.05) is 83.1 Å². The molecule has 0 aliphatic carbocycles. The lowest BCUT2D eigenvalue weighted by atomic mass is 9.96. The minimum atomic E-state index is -1.17. The summed E-state index contributed by atoms with van der Waals surface area (Å²) in [7, 11) is 0. The zero-order valence-electron chi connectivity index (χ0n) is 40.6. The van der Waals surface area contributed by atoms with Gasteiger partial charge in [0.25, 0.3) is 0 Å². The lowest BCUT2D eigenvalue weighted by Gasteiger charge is -2.32. The van der Waals surface area contributed by atoms with Crippen molar-refractivity contribution in [2.24, 2.45) is 52.7 Å². The third-order valence-corrected chi connectivity index (χ3v) is 10.7. The van der Waals surface area contributed by atoms with Crippen LogP contribution in [-0.2, 0) is 43.2 Å². The van der Waals surface area contributed by atoms with Crippen LogP contribution in [0, 0.1) is 35.5 Å². The van der Waals surface area contributed by atoms with E-state index >= 15 is 0 Å². The second kappa shape index (κ2) is 29.6. The molecule has 20 nitrogen and oxygen atoms in total. The van der Waals surface area contributed by atoms with Gasteiger partial charge in [0.05, 0.1) is 0 Å². The van der Waals surface area contributed by atoms with Gasteiger partial charge in [0.1, 0.15) is 48.3 Å². The second-order valence-corrected chi connectivity index (χ2v) is 18.7. The molecule has 0 radical (unpaired) electrons. The number of unbranched alkanes of at least 4 members (excludes halogenated alkanes) is 2. The van der Waals surface area contributed by atoms with E-state index in [1.807, 2.05) is 0 Å². The molecule has 0 aromatic rings. The summed E-state index contributed by atoms with van der Waals surface area (Å²) in [5.41, 5.74) is 16.8. The first-order valence-corrected chi connectivity index (χ1v) is 22.8.